The number of benzene rings is 1. The maximum absolute atomic E-state index is 6.43. The van der Waals surface area contributed by atoms with Gasteiger partial charge in [0.25, 0.3) is 0 Å². The molecule has 0 nitrogen and oxygen atoms in total. The largest absolute Gasteiger partial charge is 0.127 e. The Morgan fingerprint density at radius 1 is 1.20 bits per heavy atom. The van der Waals surface area contributed by atoms with E-state index in [0.717, 1.165) is 0 Å². The molecule has 0 fully saturated rings. The molecule has 0 N–H and O–H groups in total. The van der Waals surface area contributed by atoms with Crippen LogP contribution in [0.1, 0.15) is 31.4 Å². The zero-order valence-electron chi connectivity index (χ0n) is 10.2. The van der Waals surface area contributed by atoms with Gasteiger partial charge in [0.1, 0.15) is 0 Å². The third kappa shape index (κ3) is 4.00. The van der Waals surface area contributed by atoms with Crippen LogP contribution in [0.25, 0.3) is 0 Å². The number of hydrogen-bond acceptors (Lipinski definition) is 0. The molecule has 1 aromatic carbocycles. The second kappa shape index (κ2) is 5.71. The van der Waals surface area contributed by atoms with Crippen molar-refractivity contribution in [3.8, 4) is 0 Å². The summed E-state index contributed by atoms with van der Waals surface area (Å²) in [5.74, 6) is 0.652. The van der Waals surface area contributed by atoms with Gasteiger partial charge >= 0.3 is 0 Å². The van der Waals surface area contributed by atoms with Gasteiger partial charge in [-0.3, -0.25) is 0 Å². The van der Waals surface area contributed by atoms with Gasteiger partial charge in [-0.25, -0.2) is 0 Å². The molecule has 1 rings (SSSR count). The zero-order valence-corrected chi connectivity index (χ0v) is 12.3. The summed E-state index contributed by atoms with van der Waals surface area (Å²) in [5.41, 5.74) is 2.73. The molecule has 2 heteroatoms. The van der Waals surface area contributed by atoms with Gasteiger partial charge in [0.15, 0.2) is 0 Å². The maximum atomic E-state index is 6.43. The monoisotopic (exact) mass is 240 g/mol. The Morgan fingerprint density at radius 2 is 1.73 bits per heavy atom. The van der Waals surface area contributed by atoms with E-state index in [1.165, 1.54) is 22.7 Å². The van der Waals surface area contributed by atoms with Gasteiger partial charge in [-0.1, -0.05) is 54.8 Å². The van der Waals surface area contributed by atoms with Crippen LogP contribution in [0.15, 0.2) is 18.2 Å². The molecule has 0 heterocycles. The maximum Gasteiger partial charge on any atom is 0.0756 e. The van der Waals surface area contributed by atoms with Crippen molar-refractivity contribution >= 4 is 26.3 Å². The lowest BCUT2D eigenvalue weighted by atomic mass is 10.1. The average molecular weight is 241 g/mol. The number of aryl methyl sites for hydroxylation is 2. The Kier molecular flexibility index (Phi) is 4.87. The molecule has 0 saturated heterocycles. The topological polar surface area (TPSA) is 0 Å². The summed E-state index contributed by atoms with van der Waals surface area (Å²) in [5, 5.41) is 1.91. The molecule has 2 atom stereocenters. The minimum atomic E-state index is -0.323. The van der Waals surface area contributed by atoms with Crippen LogP contribution in [0.4, 0.5) is 0 Å². The van der Waals surface area contributed by atoms with Crippen LogP contribution >= 0.6 is 11.6 Å². The van der Waals surface area contributed by atoms with Crippen molar-refractivity contribution in [2.45, 2.75) is 39.1 Å². The fraction of sp³-hybridized carbons (Fsp3) is 0.538. The van der Waals surface area contributed by atoms with E-state index in [-0.39, 0.29) is 9.52 Å². The van der Waals surface area contributed by atoms with Gasteiger partial charge in [0, 0.05) is 5.00 Å². The average Bonchev–Trinajstić information content (AvgIpc) is 2.14. The predicted molar refractivity (Wildman–Crippen MR) is 73.2 cm³/mol. The Balaban J connectivity index is 2.72. The molecule has 0 aromatic heterocycles. The van der Waals surface area contributed by atoms with E-state index >= 15 is 0 Å². The van der Waals surface area contributed by atoms with E-state index < -0.39 is 0 Å². The number of rotatable bonds is 4. The number of alkyl halides is 1. The first-order valence-electron chi connectivity index (χ1n) is 5.74. The summed E-state index contributed by atoms with van der Waals surface area (Å²) in [4.78, 5) is 0. The van der Waals surface area contributed by atoms with Crippen molar-refractivity contribution in [1.82, 2.24) is 0 Å². The highest BCUT2D eigenvalue weighted by atomic mass is 35.5. The van der Waals surface area contributed by atoms with Gasteiger partial charge in [0.2, 0.25) is 0 Å². The molecular weight excluding hydrogens is 220 g/mol. The van der Waals surface area contributed by atoms with E-state index in [4.69, 9.17) is 11.6 Å². The van der Waals surface area contributed by atoms with Crippen LogP contribution in [-0.4, -0.2) is 14.5 Å². The lowest BCUT2D eigenvalue weighted by molar-refractivity contribution is 0.603. The van der Waals surface area contributed by atoms with Crippen LogP contribution < -0.4 is 5.19 Å². The summed E-state index contributed by atoms with van der Waals surface area (Å²) in [6.45, 7) is 8.80. The minimum Gasteiger partial charge on any atom is -0.127 e. The highest BCUT2D eigenvalue weighted by Crippen LogP contribution is 2.13. The minimum absolute atomic E-state index is 0.323. The fourth-order valence-corrected chi connectivity index (χ4v) is 4.65. The third-order valence-corrected chi connectivity index (χ3v) is 5.94. The highest BCUT2D eigenvalue weighted by molar-refractivity contribution is 6.64. The molecule has 0 bridgehead atoms. The summed E-state index contributed by atoms with van der Waals surface area (Å²) < 4.78 is 0. The second-order valence-electron chi connectivity index (χ2n) is 4.60. The molecular formula is C13H21ClSi. The molecule has 0 radical (unpaired) electrons. The van der Waals surface area contributed by atoms with Crippen LogP contribution in [0.3, 0.4) is 0 Å². The predicted octanol–water partition coefficient (Wildman–Crippen LogP) is 2.71. The standard InChI is InChI=1S/C13H21ClSi/c1-5-11(4)13(14)15-12-7-9(2)6-10(3)8-12/h6-8,11,13H,5,15H2,1-4H3. The van der Waals surface area contributed by atoms with Crippen LogP contribution in [0, 0.1) is 19.8 Å². The number of halogens is 1. The highest BCUT2D eigenvalue weighted by Gasteiger charge is 2.13. The van der Waals surface area contributed by atoms with Crippen LogP contribution in [0.5, 0.6) is 0 Å². The molecule has 0 aliphatic rings. The first-order chi connectivity index (χ1) is 7.02. The van der Waals surface area contributed by atoms with Gasteiger partial charge in [0.05, 0.1) is 9.52 Å². The Bertz CT molecular complexity index is 302. The van der Waals surface area contributed by atoms with Crippen molar-refractivity contribution < 1.29 is 0 Å². The Hall–Kier alpha value is -0.273. The molecule has 1 aromatic rings. The normalized spacial score (nSPS) is 15.8. The van der Waals surface area contributed by atoms with Crippen LogP contribution in [0.2, 0.25) is 0 Å². The van der Waals surface area contributed by atoms with E-state index in [2.05, 4.69) is 45.9 Å². The van der Waals surface area contributed by atoms with Crippen molar-refractivity contribution in [2.24, 2.45) is 5.92 Å². The molecule has 0 spiro atoms. The van der Waals surface area contributed by atoms with Gasteiger partial charge in [-0.05, 0) is 19.8 Å². The van der Waals surface area contributed by atoms with E-state index in [1.807, 2.05) is 0 Å². The first kappa shape index (κ1) is 12.8. The quantitative estimate of drug-likeness (QED) is 0.561. The molecule has 0 aliphatic carbocycles. The lowest BCUT2D eigenvalue weighted by Crippen LogP contribution is -2.29. The fourth-order valence-electron chi connectivity index (χ4n) is 1.87. The van der Waals surface area contributed by atoms with E-state index in [0.29, 0.717) is 10.9 Å². The molecule has 2 unspecified atom stereocenters. The van der Waals surface area contributed by atoms with Crippen molar-refractivity contribution in [2.75, 3.05) is 0 Å². The van der Waals surface area contributed by atoms with Crippen molar-refractivity contribution in [3.05, 3.63) is 29.3 Å². The van der Waals surface area contributed by atoms with Crippen LogP contribution in [-0.2, 0) is 0 Å². The lowest BCUT2D eigenvalue weighted by Gasteiger charge is -2.16. The van der Waals surface area contributed by atoms with Gasteiger partial charge in [-0.2, -0.15) is 0 Å². The zero-order chi connectivity index (χ0) is 11.4. The van der Waals surface area contributed by atoms with E-state index in [9.17, 15) is 0 Å². The molecule has 84 valence electrons. The van der Waals surface area contributed by atoms with Crippen molar-refractivity contribution in [1.29, 1.82) is 0 Å². The molecule has 0 aliphatic heterocycles. The van der Waals surface area contributed by atoms with E-state index in [1.54, 1.807) is 0 Å². The third-order valence-electron chi connectivity index (χ3n) is 2.97. The number of hydrogen-bond donors (Lipinski definition) is 0. The summed E-state index contributed by atoms with van der Waals surface area (Å²) in [6, 6.07) is 6.83. The molecule has 0 amide bonds. The van der Waals surface area contributed by atoms with Gasteiger partial charge < -0.3 is 0 Å². The Labute approximate surface area is 101 Å². The van der Waals surface area contributed by atoms with Gasteiger partial charge in [-0.15, -0.1) is 11.6 Å². The van der Waals surface area contributed by atoms with Crippen molar-refractivity contribution in [3.63, 3.8) is 0 Å². The summed E-state index contributed by atoms with van der Waals surface area (Å²) >= 11 is 6.43. The molecule has 0 saturated carbocycles. The summed E-state index contributed by atoms with van der Waals surface area (Å²) in [7, 11) is -0.323. The summed E-state index contributed by atoms with van der Waals surface area (Å²) in [6.07, 6.45) is 1.19. The molecule has 15 heavy (non-hydrogen) atoms. The Morgan fingerprint density at radius 3 is 2.20 bits per heavy atom. The second-order valence-corrected chi connectivity index (χ2v) is 7.78. The smallest absolute Gasteiger partial charge is 0.0756 e. The first-order valence-corrected chi connectivity index (χ1v) is 7.70. The SMILES string of the molecule is CCC(C)C(Cl)[SiH2]c1cc(C)cc(C)c1.